The largest absolute Gasteiger partial charge is 0.492 e. The normalized spacial score (nSPS) is 14.5. The van der Waals surface area contributed by atoms with E-state index in [2.05, 4.69) is 15.9 Å². The van der Waals surface area contributed by atoms with Crippen LogP contribution in [0.3, 0.4) is 0 Å². The van der Waals surface area contributed by atoms with E-state index >= 15 is 0 Å². The summed E-state index contributed by atoms with van der Waals surface area (Å²) >= 11 is 3.15. The molecule has 0 radical (unpaired) electrons. The van der Waals surface area contributed by atoms with Crippen LogP contribution in [-0.4, -0.2) is 43.4 Å². The van der Waals surface area contributed by atoms with Crippen molar-refractivity contribution in [1.82, 2.24) is 4.72 Å². The van der Waals surface area contributed by atoms with Crippen LogP contribution in [0.1, 0.15) is 13.8 Å². The van der Waals surface area contributed by atoms with Crippen LogP contribution in [0.15, 0.2) is 27.6 Å². The van der Waals surface area contributed by atoms with Crippen molar-refractivity contribution in [1.29, 1.82) is 0 Å². The molecule has 1 aromatic carbocycles. The lowest BCUT2D eigenvalue weighted by Crippen LogP contribution is -2.47. The number of hydrogen-bond acceptors (Lipinski definition) is 5. The zero-order valence-corrected chi connectivity index (χ0v) is 13.8. The monoisotopic (exact) mass is 381 g/mol. The molecular weight excluding hydrogens is 366 g/mol. The Kier molecular flexibility index (Phi) is 6.14. The van der Waals surface area contributed by atoms with Gasteiger partial charge in [-0.15, -0.1) is 0 Å². The molecule has 1 rings (SSSR count). The first-order valence-electron chi connectivity index (χ1n) is 6.04. The zero-order chi connectivity index (χ0) is 16.2. The zero-order valence-electron chi connectivity index (χ0n) is 11.4. The number of rotatable bonds is 7. The summed E-state index contributed by atoms with van der Waals surface area (Å²) in [6.45, 7) is 3.14. The smallest absolute Gasteiger partial charge is 0.324 e. The fourth-order valence-corrected chi connectivity index (χ4v) is 3.50. The van der Waals surface area contributed by atoms with Crippen molar-refractivity contribution in [2.45, 2.75) is 30.9 Å². The molecule has 1 aromatic rings. The van der Waals surface area contributed by atoms with Crippen LogP contribution in [0, 0.1) is 0 Å². The maximum Gasteiger partial charge on any atom is 0.324 e. The summed E-state index contributed by atoms with van der Waals surface area (Å²) in [4.78, 5) is 10.8. The van der Waals surface area contributed by atoms with Gasteiger partial charge in [-0.25, -0.2) is 8.42 Å². The number of ether oxygens (including phenoxy) is 1. The van der Waals surface area contributed by atoms with Gasteiger partial charge in [0, 0.05) is 4.47 Å². The fraction of sp³-hybridized carbons (Fsp3) is 0.417. The molecule has 0 fully saturated rings. The lowest BCUT2D eigenvalue weighted by atomic mass is 10.2. The van der Waals surface area contributed by atoms with Gasteiger partial charge in [0.2, 0.25) is 10.0 Å². The molecule has 0 unspecified atom stereocenters. The van der Waals surface area contributed by atoms with Gasteiger partial charge in [0.1, 0.15) is 16.7 Å². The minimum atomic E-state index is -4.17. The molecule has 0 bridgehead atoms. The van der Waals surface area contributed by atoms with Crippen LogP contribution in [0.2, 0.25) is 0 Å². The van der Waals surface area contributed by atoms with E-state index < -0.39 is 28.1 Å². The second-order valence-electron chi connectivity index (χ2n) is 4.20. The van der Waals surface area contributed by atoms with E-state index in [1.54, 1.807) is 13.0 Å². The third-order valence-corrected chi connectivity index (χ3v) is 4.48. The molecule has 0 saturated carbocycles. The summed E-state index contributed by atoms with van der Waals surface area (Å²) in [7, 11) is -4.17. The Morgan fingerprint density at radius 2 is 2.10 bits per heavy atom. The number of aliphatic carboxylic acids is 1. The Bertz CT molecular complexity index is 616. The summed E-state index contributed by atoms with van der Waals surface area (Å²) in [5.41, 5.74) is 0. The molecule has 0 amide bonds. The van der Waals surface area contributed by atoms with Gasteiger partial charge < -0.3 is 14.9 Å². The lowest BCUT2D eigenvalue weighted by Gasteiger charge is -2.18. The lowest BCUT2D eigenvalue weighted by molar-refractivity contribution is -0.141. The summed E-state index contributed by atoms with van der Waals surface area (Å²) in [5, 5.41) is 18.3. The second kappa shape index (κ2) is 7.21. The van der Waals surface area contributed by atoms with Gasteiger partial charge in [-0.1, -0.05) is 15.9 Å². The summed E-state index contributed by atoms with van der Waals surface area (Å²) < 4.78 is 32.3. The second-order valence-corrected chi connectivity index (χ2v) is 6.80. The molecule has 7 nitrogen and oxygen atoms in total. The van der Waals surface area contributed by atoms with E-state index in [0.717, 1.165) is 0 Å². The molecular formula is C12H16BrNO6S. The fourth-order valence-electron chi connectivity index (χ4n) is 1.55. The minimum absolute atomic E-state index is 0.0999. The third kappa shape index (κ3) is 4.67. The highest BCUT2D eigenvalue weighted by Gasteiger charge is 2.31. The Morgan fingerprint density at radius 1 is 1.48 bits per heavy atom. The molecule has 0 aliphatic rings. The van der Waals surface area contributed by atoms with Crippen molar-refractivity contribution in [2.24, 2.45) is 0 Å². The minimum Gasteiger partial charge on any atom is -0.492 e. The summed E-state index contributed by atoms with van der Waals surface area (Å²) in [6, 6.07) is 2.71. The van der Waals surface area contributed by atoms with Crippen LogP contribution in [0.25, 0.3) is 0 Å². The van der Waals surface area contributed by atoms with Gasteiger partial charge in [-0.2, -0.15) is 4.72 Å². The number of aliphatic hydroxyl groups excluding tert-OH is 1. The molecule has 0 aliphatic heterocycles. The Labute approximate surface area is 131 Å². The maximum absolute atomic E-state index is 12.3. The number of hydrogen-bond donors (Lipinski definition) is 3. The van der Waals surface area contributed by atoms with Crippen molar-refractivity contribution in [3.8, 4) is 5.75 Å². The first-order valence-corrected chi connectivity index (χ1v) is 8.32. The van der Waals surface area contributed by atoms with Crippen LogP contribution in [-0.2, 0) is 14.8 Å². The summed E-state index contributed by atoms with van der Waals surface area (Å²) in [6.07, 6.45) is -1.39. The van der Waals surface area contributed by atoms with E-state index in [1.807, 2.05) is 4.72 Å². The van der Waals surface area contributed by atoms with Gasteiger partial charge in [-0.3, -0.25) is 4.79 Å². The number of carboxylic acids is 1. The quantitative estimate of drug-likeness (QED) is 0.648. The van der Waals surface area contributed by atoms with Crippen molar-refractivity contribution in [2.75, 3.05) is 6.61 Å². The number of benzene rings is 1. The third-order valence-electron chi connectivity index (χ3n) is 2.53. The van der Waals surface area contributed by atoms with Crippen LogP contribution >= 0.6 is 15.9 Å². The van der Waals surface area contributed by atoms with Gasteiger partial charge in [0.15, 0.2) is 0 Å². The van der Waals surface area contributed by atoms with Crippen molar-refractivity contribution < 1.29 is 28.2 Å². The average molecular weight is 382 g/mol. The van der Waals surface area contributed by atoms with Gasteiger partial charge >= 0.3 is 5.97 Å². The molecule has 3 N–H and O–H groups in total. The standard InChI is InChI=1S/C12H16BrNO6S/c1-3-20-9-5-4-8(13)6-10(9)21(18,19)14-11(7(2)15)12(16)17/h4-7,11,14-15H,3H2,1-2H3,(H,16,17)/t7-,11+/m1/s1. The molecule has 0 heterocycles. The highest BCUT2D eigenvalue weighted by Crippen LogP contribution is 2.27. The molecule has 0 saturated heterocycles. The molecule has 21 heavy (non-hydrogen) atoms. The first-order chi connectivity index (χ1) is 9.69. The number of carboxylic acid groups (broad SMARTS) is 1. The Morgan fingerprint density at radius 3 is 2.57 bits per heavy atom. The maximum atomic E-state index is 12.3. The number of sulfonamides is 1. The molecule has 0 aliphatic carbocycles. The molecule has 2 atom stereocenters. The number of halogens is 1. The van der Waals surface area contributed by atoms with Crippen LogP contribution in [0.5, 0.6) is 5.75 Å². The Balaban J connectivity index is 3.24. The van der Waals surface area contributed by atoms with Crippen molar-refractivity contribution in [3.05, 3.63) is 22.7 Å². The highest BCUT2D eigenvalue weighted by molar-refractivity contribution is 9.10. The molecule has 0 aromatic heterocycles. The van der Waals surface area contributed by atoms with E-state index in [9.17, 15) is 18.3 Å². The average Bonchev–Trinajstić information content (AvgIpc) is 2.37. The van der Waals surface area contributed by atoms with Gasteiger partial charge in [0.05, 0.1) is 12.7 Å². The predicted molar refractivity (Wildman–Crippen MR) is 78.7 cm³/mol. The van der Waals surface area contributed by atoms with E-state index in [4.69, 9.17) is 9.84 Å². The van der Waals surface area contributed by atoms with Crippen LogP contribution in [0.4, 0.5) is 0 Å². The Hall–Kier alpha value is -1.16. The van der Waals surface area contributed by atoms with Gasteiger partial charge in [-0.05, 0) is 32.0 Å². The summed E-state index contributed by atoms with van der Waals surface area (Å²) in [5.74, 6) is -1.37. The predicted octanol–water partition coefficient (Wildman–Crippen LogP) is 0.960. The van der Waals surface area contributed by atoms with Crippen LogP contribution < -0.4 is 9.46 Å². The van der Waals surface area contributed by atoms with Crippen molar-refractivity contribution in [3.63, 3.8) is 0 Å². The SMILES string of the molecule is CCOc1ccc(Br)cc1S(=O)(=O)N[C@H](C(=O)O)[C@@H](C)O. The number of nitrogens with one attached hydrogen (secondary N) is 1. The molecule has 118 valence electrons. The van der Waals surface area contributed by atoms with Crippen molar-refractivity contribution >= 4 is 31.9 Å². The highest BCUT2D eigenvalue weighted by atomic mass is 79.9. The van der Waals surface area contributed by atoms with E-state index in [-0.39, 0.29) is 17.3 Å². The van der Waals surface area contributed by atoms with E-state index in [1.165, 1.54) is 19.1 Å². The molecule has 0 spiro atoms. The molecule has 9 heteroatoms. The van der Waals surface area contributed by atoms with Gasteiger partial charge in [0.25, 0.3) is 0 Å². The van der Waals surface area contributed by atoms with E-state index in [0.29, 0.717) is 4.47 Å². The number of aliphatic hydroxyl groups is 1. The first kappa shape index (κ1) is 17.9. The number of carbonyl (C=O) groups is 1. The topological polar surface area (TPSA) is 113 Å².